The minimum absolute atomic E-state index is 0.235. The van der Waals surface area contributed by atoms with Gasteiger partial charge in [0.25, 0.3) is 0 Å². The van der Waals surface area contributed by atoms with E-state index in [1.54, 1.807) is 12.4 Å². The fourth-order valence-electron chi connectivity index (χ4n) is 3.57. The molecule has 1 fully saturated rings. The molecule has 7 nitrogen and oxygen atoms in total. The van der Waals surface area contributed by atoms with E-state index in [-0.39, 0.29) is 6.04 Å². The summed E-state index contributed by atoms with van der Waals surface area (Å²) in [4.78, 5) is 16.6. The molecular weight excluding hydrogens is 366 g/mol. The van der Waals surface area contributed by atoms with Crippen LogP contribution in [0, 0.1) is 0 Å². The van der Waals surface area contributed by atoms with E-state index >= 15 is 0 Å². The number of halogens is 1. The summed E-state index contributed by atoms with van der Waals surface area (Å²) in [6.07, 6.45) is 6.73. The molecule has 0 bridgehead atoms. The second kappa shape index (κ2) is 7.42. The summed E-state index contributed by atoms with van der Waals surface area (Å²) in [7, 11) is 0. The Balaban J connectivity index is 1.71. The lowest BCUT2D eigenvalue weighted by Crippen LogP contribution is -2.45. The maximum atomic E-state index is 10.3. The van der Waals surface area contributed by atoms with Crippen LogP contribution in [0.4, 0.5) is 5.82 Å². The first-order chi connectivity index (χ1) is 13.1. The van der Waals surface area contributed by atoms with Crippen molar-refractivity contribution in [2.75, 3.05) is 5.32 Å². The number of aliphatic hydroxyl groups excluding tert-OH is 2. The summed E-state index contributed by atoms with van der Waals surface area (Å²) in [6.45, 7) is 2.03. The van der Waals surface area contributed by atoms with Gasteiger partial charge in [0.2, 0.25) is 0 Å². The van der Waals surface area contributed by atoms with Gasteiger partial charge >= 0.3 is 0 Å². The van der Waals surface area contributed by atoms with E-state index < -0.39 is 12.2 Å². The average molecular weight is 388 g/mol. The largest absolute Gasteiger partial charge is 0.390 e. The van der Waals surface area contributed by atoms with Gasteiger partial charge in [0.05, 0.1) is 23.3 Å². The zero-order chi connectivity index (χ0) is 19.0. The number of aromatic amines is 1. The first-order valence-electron chi connectivity index (χ1n) is 9.18. The number of hydrogen-bond acceptors (Lipinski definition) is 6. The lowest BCUT2D eigenvalue weighted by Gasteiger charge is -2.33. The molecule has 3 aromatic rings. The molecule has 1 aliphatic carbocycles. The zero-order valence-electron chi connectivity index (χ0n) is 15.0. The van der Waals surface area contributed by atoms with Gasteiger partial charge in [-0.05, 0) is 31.7 Å². The molecule has 1 saturated carbocycles. The molecule has 3 heterocycles. The molecule has 27 heavy (non-hydrogen) atoms. The molecular formula is C19H22ClN5O2. The van der Waals surface area contributed by atoms with Crippen LogP contribution in [0.5, 0.6) is 0 Å². The van der Waals surface area contributed by atoms with E-state index in [1.807, 2.05) is 19.2 Å². The number of nitrogens with one attached hydrogen (secondary N) is 2. The second-order valence-corrected chi connectivity index (χ2v) is 7.35. The Morgan fingerprint density at radius 1 is 1.26 bits per heavy atom. The van der Waals surface area contributed by atoms with Gasteiger partial charge in [0.1, 0.15) is 11.5 Å². The lowest BCUT2D eigenvalue weighted by atomic mass is 9.90. The van der Waals surface area contributed by atoms with Gasteiger partial charge in [0, 0.05) is 35.1 Å². The second-order valence-electron chi connectivity index (χ2n) is 6.91. The summed E-state index contributed by atoms with van der Waals surface area (Å²) >= 11 is 6.09. The Kier molecular flexibility index (Phi) is 4.99. The van der Waals surface area contributed by atoms with Gasteiger partial charge in [-0.25, -0.2) is 15.0 Å². The molecule has 0 amide bonds. The standard InChI is InChI=1S/C19H22ClN5O2/c1-2-10-7-21-19(13-9-23-18-12(13)6-11(20)8-22-18)25-17(10)24-14-4-3-5-15(26)16(14)27/h6-9,14-16,26-27H,2-5H2,1H3,(H,22,23)(H,21,24,25)/t14-,15+,16-/m0/s1. The molecule has 142 valence electrons. The quantitative estimate of drug-likeness (QED) is 0.548. The number of pyridine rings is 1. The Morgan fingerprint density at radius 2 is 2.11 bits per heavy atom. The van der Waals surface area contributed by atoms with E-state index in [9.17, 15) is 10.2 Å². The molecule has 0 aromatic carbocycles. The molecule has 0 spiro atoms. The van der Waals surface area contributed by atoms with Crippen molar-refractivity contribution >= 4 is 28.5 Å². The maximum absolute atomic E-state index is 10.3. The predicted molar refractivity (Wildman–Crippen MR) is 105 cm³/mol. The molecule has 4 rings (SSSR count). The Morgan fingerprint density at radius 3 is 2.93 bits per heavy atom. The minimum atomic E-state index is -0.807. The van der Waals surface area contributed by atoms with Crippen molar-refractivity contribution in [2.45, 2.75) is 50.9 Å². The van der Waals surface area contributed by atoms with Crippen molar-refractivity contribution in [2.24, 2.45) is 0 Å². The third-order valence-corrected chi connectivity index (χ3v) is 5.33. The summed E-state index contributed by atoms with van der Waals surface area (Å²) in [6, 6.07) is 1.60. The van der Waals surface area contributed by atoms with Crippen molar-refractivity contribution < 1.29 is 10.2 Å². The normalized spacial score (nSPS) is 22.9. The van der Waals surface area contributed by atoms with Gasteiger partial charge in [-0.3, -0.25) is 0 Å². The number of rotatable bonds is 4. The highest BCUT2D eigenvalue weighted by molar-refractivity contribution is 6.31. The van der Waals surface area contributed by atoms with E-state index in [0.29, 0.717) is 23.1 Å². The third kappa shape index (κ3) is 3.50. The number of aromatic nitrogens is 4. The van der Waals surface area contributed by atoms with Crippen LogP contribution in [-0.4, -0.2) is 48.4 Å². The highest BCUT2D eigenvalue weighted by Crippen LogP contribution is 2.29. The summed E-state index contributed by atoms with van der Waals surface area (Å²) < 4.78 is 0. The highest BCUT2D eigenvalue weighted by atomic mass is 35.5. The van der Waals surface area contributed by atoms with Gasteiger partial charge in [-0.1, -0.05) is 18.5 Å². The Hall–Kier alpha value is -2.22. The molecule has 0 saturated heterocycles. The monoisotopic (exact) mass is 387 g/mol. The third-order valence-electron chi connectivity index (χ3n) is 5.13. The van der Waals surface area contributed by atoms with Crippen LogP contribution in [0.3, 0.4) is 0 Å². The van der Waals surface area contributed by atoms with Crippen LogP contribution in [-0.2, 0) is 6.42 Å². The van der Waals surface area contributed by atoms with E-state index in [1.165, 1.54) is 0 Å². The van der Waals surface area contributed by atoms with Crippen LogP contribution >= 0.6 is 11.6 Å². The van der Waals surface area contributed by atoms with Gasteiger partial charge < -0.3 is 20.5 Å². The number of hydrogen-bond donors (Lipinski definition) is 4. The van der Waals surface area contributed by atoms with Crippen molar-refractivity contribution in [1.82, 2.24) is 19.9 Å². The van der Waals surface area contributed by atoms with Crippen LogP contribution in [0.2, 0.25) is 5.02 Å². The van der Waals surface area contributed by atoms with E-state index in [4.69, 9.17) is 16.6 Å². The molecule has 3 atom stereocenters. The number of H-pyrrole nitrogens is 1. The minimum Gasteiger partial charge on any atom is -0.390 e. The van der Waals surface area contributed by atoms with E-state index in [2.05, 4.69) is 20.3 Å². The van der Waals surface area contributed by atoms with Crippen LogP contribution in [0.25, 0.3) is 22.4 Å². The van der Waals surface area contributed by atoms with Crippen molar-refractivity contribution in [3.8, 4) is 11.4 Å². The highest BCUT2D eigenvalue weighted by Gasteiger charge is 2.31. The van der Waals surface area contributed by atoms with Gasteiger partial charge in [-0.15, -0.1) is 0 Å². The van der Waals surface area contributed by atoms with E-state index in [0.717, 1.165) is 41.4 Å². The molecule has 0 unspecified atom stereocenters. The fourth-order valence-corrected chi connectivity index (χ4v) is 3.73. The number of aliphatic hydroxyl groups is 2. The van der Waals surface area contributed by atoms with Crippen molar-refractivity contribution in [3.63, 3.8) is 0 Å². The number of aryl methyl sites for hydroxylation is 1. The molecule has 4 N–H and O–H groups in total. The first kappa shape index (κ1) is 18.2. The number of anilines is 1. The Bertz CT molecular complexity index is 960. The molecule has 8 heteroatoms. The Labute approximate surface area is 161 Å². The summed E-state index contributed by atoms with van der Waals surface area (Å²) in [5.74, 6) is 1.24. The molecule has 0 radical (unpaired) electrons. The van der Waals surface area contributed by atoms with Crippen molar-refractivity contribution in [1.29, 1.82) is 0 Å². The number of nitrogens with zero attached hydrogens (tertiary/aromatic N) is 3. The van der Waals surface area contributed by atoms with Gasteiger partial charge in [-0.2, -0.15) is 0 Å². The maximum Gasteiger partial charge on any atom is 0.163 e. The summed E-state index contributed by atoms with van der Waals surface area (Å²) in [5, 5.41) is 25.0. The molecule has 0 aliphatic heterocycles. The predicted octanol–water partition coefficient (Wildman–Crippen LogP) is 2.92. The first-order valence-corrected chi connectivity index (χ1v) is 9.56. The zero-order valence-corrected chi connectivity index (χ0v) is 15.7. The topological polar surface area (TPSA) is 107 Å². The summed E-state index contributed by atoms with van der Waals surface area (Å²) in [5.41, 5.74) is 2.50. The fraction of sp³-hybridized carbons (Fsp3) is 0.421. The SMILES string of the molecule is CCc1cnc(-c2c[nH]c3ncc(Cl)cc23)nc1N[C@H]1CCC[C@@H](O)[C@H]1O. The number of fused-ring (bicyclic) bond motifs is 1. The lowest BCUT2D eigenvalue weighted by molar-refractivity contribution is -0.0162. The van der Waals surface area contributed by atoms with Crippen molar-refractivity contribution in [3.05, 3.63) is 35.2 Å². The molecule has 1 aliphatic rings. The van der Waals surface area contributed by atoms with Gasteiger partial charge in [0.15, 0.2) is 5.82 Å². The van der Waals surface area contributed by atoms with Crippen LogP contribution < -0.4 is 5.32 Å². The smallest absolute Gasteiger partial charge is 0.163 e. The van der Waals surface area contributed by atoms with Crippen LogP contribution in [0.1, 0.15) is 31.7 Å². The average Bonchev–Trinajstić information content (AvgIpc) is 3.08. The molecule has 3 aromatic heterocycles. The van der Waals surface area contributed by atoms with Crippen LogP contribution in [0.15, 0.2) is 24.7 Å².